The van der Waals surface area contributed by atoms with E-state index in [1.807, 2.05) is 6.92 Å². The molecular weight excluding hydrogens is 216 g/mol. The summed E-state index contributed by atoms with van der Waals surface area (Å²) >= 11 is 0. The summed E-state index contributed by atoms with van der Waals surface area (Å²) in [6, 6.07) is 0. The number of carbonyl (C=O) groups excluding carboxylic acids is 1. The van der Waals surface area contributed by atoms with Crippen molar-refractivity contribution in [3.05, 3.63) is 23.3 Å². The second-order valence-electron chi connectivity index (χ2n) is 5.26. The van der Waals surface area contributed by atoms with Gasteiger partial charge in [0.15, 0.2) is 5.78 Å². The fourth-order valence-corrected chi connectivity index (χ4v) is 2.52. The molecule has 0 radical (unpaired) electrons. The molecule has 0 aromatic carbocycles. The van der Waals surface area contributed by atoms with Gasteiger partial charge in [-0.05, 0) is 37.7 Å². The predicted molar refractivity (Wildman–Crippen MR) is 66.7 cm³/mol. The predicted octanol–water partition coefficient (Wildman–Crippen LogP) is 3.11. The molecule has 0 aromatic rings. The lowest BCUT2D eigenvalue weighted by Gasteiger charge is -2.32. The van der Waals surface area contributed by atoms with E-state index in [-0.39, 0.29) is 17.6 Å². The van der Waals surface area contributed by atoms with E-state index in [9.17, 15) is 9.59 Å². The molecule has 1 N–H and O–H groups in total. The third-order valence-corrected chi connectivity index (χ3v) is 3.27. The van der Waals surface area contributed by atoms with Crippen molar-refractivity contribution in [1.82, 2.24) is 0 Å². The first-order chi connectivity index (χ1) is 7.84. The van der Waals surface area contributed by atoms with E-state index in [4.69, 9.17) is 5.11 Å². The lowest BCUT2D eigenvalue weighted by Crippen LogP contribution is -2.25. The Morgan fingerprint density at radius 3 is 2.59 bits per heavy atom. The summed E-state index contributed by atoms with van der Waals surface area (Å²) in [5.74, 6) is -0.948. The zero-order valence-electron chi connectivity index (χ0n) is 10.7. The normalized spacial score (nSPS) is 19.7. The van der Waals surface area contributed by atoms with Crippen LogP contribution in [0.2, 0.25) is 0 Å². The van der Waals surface area contributed by atoms with Crippen LogP contribution in [0.3, 0.4) is 0 Å². The highest BCUT2D eigenvalue weighted by atomic mass is 16.4. The summed E-state index contributed by atoms with van der Waals surface area (Å²) in [4.78, 5) is 22.4. The Labute approximate surface area is 102 Å². The molecule has 3 heteroatoms. The molecular formula is C14H20O3. The van der Waals surface area contributed by atoms with E-state index >= 15 is 0 Å². The van der Waals surface area contributed by atoms with Crippen LogP contribution >= 0.6 is 0 Å². The Kier molecular flexibility index (Phi) is 4.27. The zero-order valence-corrected chi connectivity index (χ0v) is 10.7. The first kappa shape index (κ1) is 13.7. The van der Waals surface area contributed by atoms with Gasteiger partial charge in [0.05, 0.1) is 6.42 Å². The second kappa shape index (κ2) is 5.30. The number of carboxylic acid groups (broad SMARTS) is 1. The van der Waals surface area contributed by atoms with Crippen LogP contribution in [0.4, 0.5) is 0 Å². The van der Waals surface area contributed by atoms with Gasteiger partial charge in [-0.1, -0.05) is 25.5 Å². The van der Waals surface area contributed by atoms with Crippen LogP contribution in [0.15, 0.2) is 23.3 Å². The number of carboxylic acids is 1. The van der Waals surface area contributed by atoms with Gasteiger partial charge in [-0.2, -0.15) is 0 Å². The smallest absolute Gasteiger partial charge is 0.307 e. The third kappa shape index (κ3) is 3.55. The monoisotopic (exact) mass is 236 g/mol. The summed E-state index contributed by atoms with van der Waals surface area (Å²) in [6.07, 6.45) is 5.83. The molecule has 1 aliphatic rings. The van der Waals surface area contributed by atoms with E-state index in [2.05, 4.69) is 13.8 Å². The molecule has 0 aromatic heterocycles. The van der Waals surface area contributed by atoms with E-state index < -0.39 is 5.97 Å². The fourth-order valence-electron chi connectivity index (χ4n) is 2.52. The van der Waals surface area contributed by atoms with Gasteiger partial charge in [-0.3, -0.25) is 9.59 Å². The summed E-state index contributed by atoms with van der Waals surface area (Å²) in [6.45, 7) is 6.15. The largest absolute Gasteiger partial charge is 0.481 e. The maximum absolute atomic E-state index is 12.1. The molecule has 0 spiro atoms. The van der Waals surface area contributed by atoms with Gasteiger partial charge in [0.2, 0.25) is 0 Å². The van der Waals surface area contributed by atoms with Crippen LogP contribution in [-0.2, 0) is 9.59 Å². The van der Waals surface area contributed by atoms with Gasteiger partial charge < -0.3 is 5.11 Å². The Morgan fingerprint density at radius 2 is 2.06 bits per heavy atom. The van der Waals surface area contributed by atoms with Crippen molar-refractivity contribution < 1.29 is 14.7 Å². The number of carbonyl (C=O) groups is 2. The maximum atomic E-state index is 12.1. The Morgan fingerprint density at radius 1 is 1.41 bits per heavy atom. The van der Waals surface area contributed by atoms with Gasteiger partial charge in [-0.15, -0.1) is 0 Å². The van der Waals surface area contributed by atoms with E-state index in [1.54, 1.807) is 0 Å². The number of rotatable bonds is 4. The van der Waals surface area contributed by atoms with Crippen molar-refractivity contribution in [1.29, 1.82) is 0 Å². The standard InChI is InChI=1S/C14H20O3/c1-10-6-5-9-14(2,3)13(10)11(15)7-4-8-12(16)17/h4,7H,5-6,8-9H2,1-3H3,(H,16,17). The molecule has 3 nitrogen and oxygen atoms in total. The lowest BCUT2D eigenvalue weighted by molar-refractivity contribution is -0.136. The molecule has 17 heavy (non-hydrogen) atoms. The van der Waals surface area contributed by atoms with Crippen molar-refractivity contribution in [2.45, 2.75) is 46.5 Å². The molecule has 0 saturated heterocycles. The van der Waals surface area contributed by atoms with Gasteiger partial charge in [0.1, 0.15) is 0 Å². The number of aliphatic carboxylic acids is 1. The number of hydrogen-bond acceptors (Lipinski definition) is 2. The maximum Gasteiger partial charge on any atom is 0.307 e. The Hall–Kier alpha value is -1.38. The van der Waals surface area contributed by atoms with Crippen LogP contribution in [0.1, 0.15) is 46.5 Å². The first-order valence-electron chi connectivity index (χ1n) is 5.97. The van der Waals surface area contributed by atoms with Crippen molar-refractivity contribution in [3.63, 3.8) is 0 Å². The van der Waals surface area contributed by atoms with Gasteiger partial charge in [0.25, 0.3) is 0 Å². The molecule has 0 amide bonds. The topological polar surface area (TPSA) is 54.4 Å². The zero-order chi connectivity index (χ0) is 13.1. The average Bonchev–Trinajstić information content (AvgIpc) is 2.15. The second-order valence-corrected chi connectivity index (χ2v) is 5.26. The highest BCUT2D eigenvalue weighted by Gasteiger charge is 2.31. The van der Waals surface area contributed by atoms with Crippen molar-refractivity contribution in [2.75, 3.05) is 0 Å². The summed E-state index contributed by atoms with van der Waals surface area (Å²) < 4.78 is 0. The van der Waals surface area contributed by atoms with Gasteiger partial charge in [0, 0.05) is 5.57 Å². The minimum Gasteiger partial charge on any atom is -0.481 e. The number of hydrogen-bond donors (Lipinski definition) is 1. The number of ketones is 1. The summed E-state index contributed by atoms with van der Waals surface area (Å²) in [5, 5.41) is 8.52. The molecule has 0 atom stereocenters. The van der Waals surface area contributed by atoms with E-state index in [0.717, 1.165) is 30.4 Å². The van der Waals surface area contributed by atoms with Gasteiger partial charge in [-0.25, -0.2) is 0 Å². The minimum atomic E-state index is -0.914. The molecule has 94 valence electrons. The molecule has 1 rings (SSSR count). The Balaban J connectivity index is 2.86. The van der Waals surface area contributed by atoms with Gasteiger partial charge >= 0.3 is 5.97 Å². The van der Waals surface area contributed by atoms with Crippen molar-refractivity contribution in [3.8, 4) is 0 Å². The minimum absolute atomic E-state index is 0.0338. The lowest BCUT2D eigenvalue weighted by atomic mass is 9.71. The van der Waals surface area contributed by atoms with Crippen LogP contribution < -0.4 is 0 Å². The van der Waals surface area contributed by atoms with Crippen LogP contribution in [-0.4, -0.2) is 16.9 Å². The molecule has 0 fully saturated rings. The molecule has 0 aliphatic heterocycles. The molecule has 0 heterocycles. The SMILES string of the molecule is CC1=C(C(=O)C=CCC(=O)O)C(C)(C)CCC1. The van der Waals surface area contributed by atoms with E-state index in [0.29, 0.717) is 0 Å². The van der Waals surface area contributed by atoms with Crippen molar-refractivity contribution >= 4 is 11.8 Å². The van der Waals surface area contributed by atoms with Crippen LogP contribution in [0.25, 0.3) is 0 Å². The third-order valence-electron chi connectivity index (χ3n) is 3.27. The average molecular weight is 236 g/mol. The van der Waals surface area contributed by atoms with Crippen molar-refractivity contribution in [2.24, 2.45) is 5.41 Å². The quantitative estimate of drug-likeness (QED) is 0.763. The van der Waals surface area contributed by atoms with Crippen LogP contribution in [0, 0.1) is 5.41 Å². The summed E-state index contributed by atoms with van der Waals surface area (Å²) in [7, 11) is 0. The first-order valence-corrected chi connectivity index (χ1v) is 5.97. The highest BCUT2D eigenvalue weighted by molar-refractivity contribution is 6.05. The molecule has 0 unspecified atom stereocenters. The van der Waals surface area contributed by atoms with E-state index in [1.165, 1.54) is 12.2 Å². The van der Waals surface area contributed by atoms with Crippen LogP contribution in [0.5, 0.6) is 0 Å². The molecule has 1 aliphatic carbocycles. The Bertz CT molecular complexity index is 386. The summed E-state index contributed by atoms with van der Waals surface area (Å²) in [5.41, 5.74) is 1.92. The fraction of sp³-hybridized carbons (Fsp3) is 0.571. The number of allylic oxidation sites excluding steroid dienone is 3. The molecule has 0 bridgehead atoms. The highest BCUT2D eigenvalue weighted by Crippen LogP contribution is 2.40. The molecule has 0 saturated carbocycles.